The Morgan fingerprint density at radius 2 is 2.00 bits per heavy atom. The number of allylic oxidation sites excluding steroid dienone is 1. The van der Waals surface area contributed by atoms with Gasteiger partial charge in [-0.2, -0.15) is 0 Å². The Morgan fingerprint density at radius 1 is 1.28 bits per heavy atom. The Kier molecular flexibility index (Phi) is 7.51. The topological polar surface area (TPSA) is 49.8 Å². The van der Waals surface area contributed by atoms with Crippen LogP contribution in [-0.2, 0) is 9.53 Å². The second kappa shape index (κ2) is 9.18. The standard InChI is InChI=1S/C21H37NO3/c1-14(9-10-23)7-6-8-15(2)21(24)25-20-11-18-16(3)12-22(5)13-19(18)17(20)4/h8,14,16-20,23H,6-7,9-13H2,1-5H3/b15-8+/t14-,16-,17-,18-,19-,20+/m0/s1. The van der Waals surface area contributed by atoms with Gasteiger partial charge >= 0.3 is 5.97 Å². The molecular formula is C21H37NO3. The smallest absolute Gasteiger partial charge is 0.333 e. The average Bonchev–Trinajstić information content (AvgIpc) is 2.84. The van der Waals surface area contributed by atoms with Crippen molar-refractivity contribution < 1.29 is 14.6 Å². The van der Waals surface area contributed by atoms with Crippen molar-refractivity contribution in [2.24, 2.45) is 29.6 Å². The van der Waals surface area contributed by atoms with Crippen LogP contribution in [0.5, 0.6) is 0 Å². The first-order valence-corrected chi connectivity index (χ1v) is 10.0. The van der Waals surface area contributed by atoms with Gasteiger partial charge in [0.2, 0.25) is 0 Å². The van der Waals surface area contributed by atoms with Crippen LogP contribution in [0.15, 0.2) is 11.6 Å². The molecule has 1 heterocycles. The molecule has 2 aliphatic rings. The van der Waals surface area contributed by atoms with Crippen molar-refractivity contribution in [1.82, 2.24) is 4.90 Å². The summed E-state index contributed by atoms with van der Waals surface area (Å²) >= 11 is 0. The van der Waals surface area contributed by atoms with Crippen molar-refractivity contribution in [2.45, 2.75) is 59.5 Å². The van der Waals surface area contributed by atoms with Gasteiger partial charge in [-0.1, -0.05) is 26.8 Å². The van der Waals surface area contributed by atoms with E-state index in [9.17, 15) is 4.79 Å². The summed E-state index contributed by atoms with van der Waals surface area (Å²) < 4.78 is 5.90. The van der Waals surface area contributed by atoms with Gasteiger partial charge in [0.25, 0.3) is 0 Å². The molecule has 1 aliphatic carbocycles. The normalized spacial score (nSPS) is 34.6. The molecule has 4 heteroatoms. The van der Waals surface area contributed by atoms with E-state index in [1.165, 1.54) is 0 Å². The first-order chi connectivity index (χ1) is 11.8. The van der Waals surface area contributed by atoms with Crippen LogP contribution in [0.3, 0.4) is 0 Å². The minimum atomic E-state index is -0.147. The molecule has 0 amide bonds. The molecule has 0 bridgehead atoms. The van der Waals surface area contributed by atoms with Gasteiger partial charge in [0.05, 0.1) is 0 Å². The van der Waals surface area contributed by atoms with Crippen LogP contribution < -0.4 is 0 Å². The number of likely N-dealkylation sites (tertiary alicyclic amines) is 1. The Balaban J connectivity index is 1.85. The van der Waals surface area contributed by atoms with E-state index in [0.29, 0.717) is 29.6 Å². The van der Waals surface area contributed by atoms with Crippen molar-refractivity contribution >= 4 is 5.97 Å². The van der Waals surface area contributed by atoms with Gasteiger partial charge in [-0.05, 0) is 69.2 Å². The second-order valence-electron chi connectivity index (χ2n) is 8.65. The molecule has 4 nitrogen and oxygen atoms in total. The summed E-state index contributed by atoms with van der Waals surface area (Å²) in [7, 11) is 2.20. The molecule has 0 radical (unpaired) electrons. The third-order valence-electron chi connectivity index (χ3n) is 6.48. The summed E-state index contributed by atoms with van der Waals surface area (Å²) in [6.07, 6.45) is 5.78. The lowest BCUT2D eigenvalue weighted by molar-refractivity contribution is -0.146. The fourth-order valence-corrected chi connectivity index (χ4v) is 4.76. The number of hydrogen-bond acceptors (Lipinski definition) is 4. The van der Waals surface area contributed by atoms with E-state index in [2.05, 4.69) is 32.7 Å². The predicted octanol–water partition coefficient (Wildman–Crippen LogP) is 3.50. The zero-order valence-electron chi connectivity index (χ0n) is 16.7. The number of carbonyl (C=O) groups is 1. The maximum atomic E-state index is 12.5. The van der Waals surface area contributed by atoms with E-state index in [0.717, 1.165) is 44.3 Å². The lowest BCUT2D eigenvalue weighted by Gasteiger charge is -2.38. The summed E-state index contributed by atoms with van der Waals surface area (Å²) in [6.45, 7) is 11.1. The largest absolute Gasteiger partial charge is 0.459 e. The van der Waals surface area contributed by atoms with Crippen LogP contribution >= 0.6 is 0 Å². The quantitative estimate of drug-likeness (QED) is 0.563. The number of aliphatic hydroxyl groups excluding tert-OH is 1. The molecule has 0 aromatic rings. The van der Waals surface area contributed by atoms with Crippen LogP contribution in [0.4, 0.5) is 0 Å². The molecule has 144 valence electrons. The Morgan fingerprint density at radius 3 is 2.68 bits per heavy atom. The zero-order chi connectivity index (χ0) is 18.6. The summed E-state index contributed by atoms with van der Waals surface area (Å²) in [5.74, 6) is 2.80. The van der Waals surface area contributed by atoms with Gasteiger partial charge in [0.15, 0.2) is 0 Å². The van der Waals surface area contributed by atoms with E-state index in [1.54, 1.807) is 0 Å². The molecule has 0 unspecified atom stereocenters. The SMILES string of the molecule is C/C(=C\CC[C@H](C)CCO)C(=O)O[C@@H]1C[C@@H]2[C@@H](CN(C)C[C@@H]2C)[C@@H]1C. The third kappa shape index (κ3) is 5.30. The number of ether oxygens (including phenoxy) is 1. The molecule has 1 saturated heterocycles. The van der Waals surface area contributed by atoms with Crippen LogP contribution in [0.1, 0.15) is 53.4 Å². The number of hydrogen-bond donors (Lipinski definition) is 1. The minimum absolute atomic E-state index is 0.0631. The molecule has 1 aliphatic heterocycles. The van der Waals surface area contributed by atoms with Gasteiger partial charge in [-0.25, -0.2) is 4.79 Å². The lowest BCUT2D eigenvalue weighted by Crippen LogP contribution is -2.42. The average molecular weight is 352 g/mol. The van der Waals surface area contributed by atoms with Crippen molar-refractivity contribution in [3.05, 3.63) is 11.6 Å². The highest BCUT2D eigenvalue weighted by Gasteiger charge is 2.47. The van der Waals surface area contributed by atoms with Crippen molar-refractivity contribution in [3.8, 4) is 0 Å². The van der Waals surface area contributed by atoms with Crippen LogP contribution in [-0.4, -0.2) is 48.8 Å². The highest BCUT2D eigenvalue weighted by molar-refractivity contribution is 5.87. The summed E-state index contributed by atoms with van der Waals surface area (Å²) in [4.78, 5) is 14.9. The molecule has 1 saturated carbocycles. The van der Waals surface area contributed by atoms with Crippen molar-refractivity contribution in [2.75, 3.05) is 26.7 Å². The highest BCUT2D eigenvalue weighted by Crippen LogP contribution is 2.45. The molecule has 0 aromatic heterocycles. The van der Waals surface area contributed by atoms with E-state index in [1.807, 2.05) is 13.0 Å². The molecule has 0 spiro atoms. The van der Waals surface area contributed by atoms with Gasteiger partial charge in [0, 0.05) is 25.3 Å². The van der Waals surface area contributed by atoms with Gasteiger partial charge in [-0.15, -0.1) is 0 Å². The highest BCUT2D eigenvalue weighted by atomic mass is 16.5. The summed E-state index contributed by atoms with van der Waals surface area (Å²) in [5.41, 5.74) is 0.725. The zero-order valence-corrected chi connectivity index (χ0v) is 16.7. The summed E-state index contributed by atoms with van der Waals surface area (Å²) in [6, 6.07) is 0. The fourth-order valence-electron chi connectivity index (χ4n) is 4.76. The molecule has 25 heavy (non-hydrogen) atoms. The first kappa shape index (κ1) is 20.4. The van der Waals surface area contributed by atoms with Crippen molar-refractivity contribution in [3.63, 3.8) is 0 Å². The van der Waals surface area contributed by atoms with Crippen LogP contribution in [0.25, 0.3) is 0 Å². The number of esters is 1. The Bertz CT molecular complexity index is 476. The van der Waals surface area contributed by atoms with Crippen molar-refractivity contribution in [1.29, 1.82) is 0 Å². The lowest BCUT2D eigenvalue weighted by atomic mass is 9.79. The van der Waals surface area contributed by atoms with E-state index < -0.39 is 0 Å². The monoisotopic (exact) mass is 351 g/mol. The van der Waals surface area contributed by atoms with Gasteiger partial charge in [0.1, 0.15) is 6.10 Å². The molecule has 1 N–H and O–H groups in total. The van der Waals surface area contributed by atoms with E-state index in [4.69, 9.17) is 9.84 Å². The number of piperidine rings is 1. The second-order valence-corrected chi connectivity index (χ2v) is 8.65. The van der Waals surface area contributed by atoms with Gasteiger partial charge in [-0.3, -0.25) is 0 Å². The maximum Gasteiger partial charge on any atom is 0.333 e. The summed E-state index contributed by atoms with van der Waals surface area (Å²) in [5, 5.41) is 8.95. The van der Waals surface area contributed by atoms with Gasteiger partial charge < -0.3 is 14.7 Å². The maximum absolute atomic E-state index is 12.5. The fraction of sp³-hybridized carbons (Fsp3) is 0.857. The number of nitrogens with zero attached hydrogens (tertiary/aromatic N) is 1. The minimum Gasteiger partial charge on any atom is -0.459 e. The van der Waals surface area contributed by atoms with E-state index in [-0.39, 0.29) is 18.7 Å². The number of fused-ring (bicyclic) bond motifs is 1. The first-order valence-electron chi connectivity index (χ1n) is 10.0. The Labute approximate surface area is 153 Å². The Hall–Kier alpha value is -0.870. The molecule has 6 atom stereocenters. The molecule has 0 aromatic carbocycles. The number of aliphatic hydroxyl groups is 1. The van der Waals surface area contributed by atoms with Crippen LogP contribution in [0, 0.1) is 29.6 Å². The molecular weight excluding hydrogens is 314 g/mol. The number of rotatable bonds is 7. The van der Waals surface area contributed by atoms with E-state index >= 15 is 0 Å². The molecule has 2 fully saturated rings. The predicted molar refractivity (Wildman–Crippen MR) is 101 cm³/mol. The van der Waals surface area contributed by atoms with Crippen LogP contribution in [0.2, 0.25) is 0 Å². The number of carbonyl (C=O) groups excluding carboxylic acids is 1. The molecule has 2 rings (SSSR count). The third-order valence-corrected chi connectivity index (χ3v) is 6.48.